The fourth-order valence-electron chi connectivity index (χ4n) is 1.77. The van der Waals surface area contributed by atoms with Gasteiger partial charge in [0.05, 0.1) is 13.5 Å². The lowest BCUT2D eigenvalue weighted by atomic mass is 10.00. The van der Waals surface area contributed by atoms with Crippen LogP contribution in [0.25, 0.3) is 11.1 Å². The highest BCUT2D eigenvalue weighted by atomic mass is 16.5. The summed E-state index contributed by atoms with van der Waals surface area (Å²) in [5.41, 5.74) is 2.47. The van der Waals surface area contributed by atoms with Gasteiger partial charge in [-0.3, -0.25) is 4.79 Å². The van der Waals surface area contributed by atoms with Crippen molar-refractivity contribution in [1.29, 1.82) is 0 Å². The average Bonchev–Trinajstić information content (AvgIpc) is 2.39. The maximum absolute atomic E-state index is 10.8. The van der Waals surface area contributed by atoms with E-state index in [-0.39, 0.29) is 6.42 Å². The predicted octanol–water partition coefficient (Wildman–Crippen LogP) is 2.38. The van der Waals surface area contributed by atoms with Gasteiger partial charge in [0.2, 0.25) is 5.88 Å². The number of hydrogen-bond acceptors (Lipinski definition) is 3. The van der Waals surface area contributed by atoms with Gasteiger partial charge in [-0.05, 0) is 16.7 Å². The molecule has 0 saturated carbocycles. The molecular formula is C14H13NO3. The Bertz CT molecular complexity index is 552. The number of methoxy groups -OCH3 is 1. The largest absolute Gasteiger partial charge is 0.481 e. The summed E-state index contributed by atoms with van der Waals surface area (Å²) in [5, 5.41) is 8.91. The molecule has 2 aromatic rings. The van der Waals surface area contributed by atoms with Crippen molar-refractivity contribution in [2.45, 2.75) is 6.42 Å². The third-order valence-corrected chi connectivity index (χ3v) is 2.60. The lowest BCUT2D eigenvalue weighted by molar-refractivity contribution is -0.136. The van der Waals surface area contributed by atoms with Crippen molar-refractivity contribution in [2.24, 2.45) is 0 Å². The molecule has 1 aromatic heterocycles. The van der Waals surface area contributed by atoms with E-state index < -0.39 is 5.97 Å². The first-order chi connectivity index (χ1) is 8.70. The Morgan fingerprint density at radius 3 is 2.67 bits per heavy atom. The number of hydrogen-bond donors (Lipinski definition) is 1. The monoisotopic (exact) mass is 243 g/mol. The molecule has 1 N–H and O–H groups in total. The van der Waals surface area contributed by atoms with Gasteiger partial charge < -0.3 is 9.84 Å². The summed E-state index contributed by atoms with van der Waals surface area (Å²) in [6.45, 7) is 0. The van der Waals surface area contributed by atoms with Crippen molar-refractivity contribution >= 4 is 5.97 Å². The van der Waals surface area contributed by atoms with E-state index in [0.29, 0.717) is 11.4 Å². The number of pyridine rings is 1. The molecule has 0 amide bonds. The van der Waals surface area contributed by atoms with Gasteiger partial charge in [0.25, 0.3) is 0 Å². The minimum Gasteiger partial charge on any atom is -0.481 e. The second kappa shape index (κ2) is 5.31. The van der Waals surface area contributed by atoms with E-state index in [1.807, 2.05) is 30.3 Å². The molecule has 0 radical (unpaired) electrons. The molecule has 0 saturated heterocycles. The molecule has 92 valence electrons. The van der Waals surface area contributed by atoms with Crippen molar-refractivity contribution < 1.29 is 14.6 Å². The van der Waals surface area contributed by atoms with Crippen LogP contribution in [-0.2, 0) is 11.2 Å². The molecule has 0 aliphatic rings. The second-order valence-electron chi connectivity index (χ2n) is 3.82. The molecule has 0 unspecified atom stereocenters. The molecule has 1 heterocycles. The Kier molecular flexibility index (Phi) is 3.57. The Labute approximate surface area is 105 Å². The van der Waals surface area contributed by atoms with Crippen molar-refractivity contribution in [3.63, 3.8) is 0 Å². The molecule has 0 bridgehead atoms. The van der Waals surface area contributed by atoms with Gasteiger partial charge in [-0.25, -0.2) is 4.98 Å². The molecule has 0 aliphatic carbocycles. The lowest BCUT2D eigenvalue weighted by Gasteiger charge is -2.09. The maximum atomic E-state index is 10.8. The van der Waals surface area contributed by atoms with Crippen LogP contribution >= 0.6 is 0 Å². The van der Waals surface area contributed by atoms with E-state index in [1.54, 1.807) is 12.3 Å². The standard InChI is InChI=1S/C14H13NO3/c1-18-13-8-12(10-5-3-2-4-6-10)11(9-15-13)7-14(16)17/h2-6,8-9H,7H2,1H3,(H,16,17). The normalized spacial score (nSPS) is 10.1. The van der Waals surface area contributed by atoms with Crippen LogP contribution < -0.4 is 4.74 Å². The molecule has 1 aromatic carbocycles. The van der Waals surface area contributed by atoms with E-state index in [2.05, 4.69) is 4.98 Å². The van der Waals surface area contributed by atoms with Gasteiger partial charge in [0.1, 0.15) is 0 Å². The Hall–Kier alpha value is -2.36. The molecule has 2 rings (SSSR count). The fourth-order valence-corrected chi connectivity index (χ4v) is 1.77. The zero-order valence-corrected chi connectivity index (χ0v) is 9.96. The van der Waals surface area contributed by atoms with E-state index in [4.69, 9.17) is 9.84 Å². The number of carboxylic acid groups (broad SMARTS) is 1. The van der Waals surface area contributed by atoms with Crippen molar-refractivity contribution in [3.05, 3.63) is 48.2 Å². The van der Waals surface area contributed by atoms with Crippen molar-refractivity contribution in [2.75, 3.05) is 7.11 Å². The first-order valence-corrected chi connectivity index (χ1v) is 5.51. The Balaban J connectivity index is 2.51. The molecule has 4 heteroatoms. The van der Waals surface area contributed by atoms with Crippen molar-refractivity contribution in [3.8, 4) is 17.0 Å². The summed E-state index contributed by atoms with van der Waals surface area (Å²) in [6, 6.07) is 11.4. The number of aliphatic carboxylic acids is 1. The Morgan fingerprint density at radius 2 is 2.06 bits per heavy atom. The average molecular weight is 243 g/mol. The van der Waals surface area contributed by atoms with E-state index in [0.717, 1.165) is 11.1 Å². The summed E-state index contributed by atoms with van der Waals surface area (Å²) in [6.07, 6.45) is 1.50. The van der Waals surface area contributed by atoms with Crippen LogP contribution in [-0.4, -0.2) is 23.2 Å². The van der Waals surface area contributed by atoms with E-state index in [9.17, 15) is 4.79 Å². The van der Waals surface area contributed by atoms with Gasteiger partial charge in [-0.1, -0.05) is 30.3 Å². The van der Waals surface area contributed by atoms with E-state index >= 15 is 0 Å². The summed E-state index contributed by atoms with van der Waals surface area (Å²) >= 11 is 0. The molecule has 0 atom stereocenters. The number of nitrogens with zero attached hydrogens (tertiary/aromatic N) is 1. The number of benzene rings is 1. The molecule has 4 nitrogen and oxygen atoms in total. The number of aromatic nitrogens is 1. The highest BCUT2D eigenvalue weighted by Gasteiger charge is 2.10. The topological polar surface area (TPSA) is 59.4 Å². The molecule has 0 spiro atoms. The van der Waals surface area contributed by atoms with Gasteiger partial charge in [0, 0.05) is 12.3 Å². The number of carboxylic acids is 1. The fraction of sp³-hybridized carbons (Fsp3) is 0.143. The first-order valence-electron chi connectivity index (χ1n) is 5.51. The summed E-state index contributed by atoms with van der Waals surface area (Å²) in [5.74, 6) is -0.401. The van der Waals surface area contributed by atoms with Crippen molar-refractivity contribution in [1.82, 2.24) is 4.98 Å². The molecule has 0 fully saturated rings. The van der Waals surface area contributed by atoms with Crippen LogP contribution in [0.3, 0.4) is 0 Å². The quantitative estimate of drug-likeness (QED) is 0.895. The lowest BCUT2D eigenvalue weighted by Crippen LogP contribution is -2.03. The van der Waals surface area contributed by atoms with Crippen LogP contribution in [0.2, 0.25) is 0 Å². The summed E-state index contributed by atoms with van der Waals surface area (Å²) in [7, 11) is 1.54. The highest BCUT2D eigenvalue weighted by molar-refractivity contribution is 5.76. The third-order valence-electron chi connectivity index (χ3n) is 2.60. The van der Waals surface area contributed by atoms with Crippen LogP contribution in [0.4, 0.5) is 0 Å². The molecule has 0 aliphatic heterocycles. The predicted molar refractivity (Wildman–Crippen MR) is 67.6 cm³/mol. The third kappa shape index (κ3) is 2.66. The van der Waals surface area contributed by atoms with Crippen LogP contribution in [0, 0.1) is 0 Å². The number of ether oxygens (including phenoxy) is 1. The smallest absolute Gasteiger partial charge is 0.307 e. The highest BCUT2D eigenvalue weighted by Crippen LogP contribution is 2.26. The van der Waals surface area contributed by atoms with E-state index in [1.165, 1.54) is 7.11 Å². The zero-order valence-electron chi connectivity index (χ0n) is 9.96. The maximum Gasteiger partial charge on any atom is 0.307 e. The number of carbonyl (C=O) groups is 1. The molecule has 18 heavy (non-hydrogen) atoms. The van der Waals surface area contributed by atoms with Crippen LogP contribution in [0.1, 0.15) is 5.56 Å². The first kappa shape index (κ1) is 12.1. The summed E-state index contributed by atoms with van der Waals surface area (Å²) < 4.78 is 5.08. The van der Waals surface area contributed by atoms with Gasteiger partial charge in [0.15, 0.2) is 0 Å². The van der Waals surface area contributed by atoms with Gasteiger partial charge >= 0.3 is 5.97 Å². The van der Waals surface area contributed by atoms with Gasteiger partial charge in [-0.2, -0.15) is 0 Å². The SMILES string of the molecule is COc1cc(-c2ccccc2)c(CC(=O)O)cn1. The Morgan fingerprint density at radius 1 is 1.33 bits per heavy atom. The van der Waals surface area contributed by atoms with Crippen LogP contribution in [0.5, 0.6) is 5.88 Å². The second-order valence-corrected chi connectivity index (χ2v) is 3.82. The summed E-state index contributed by atoms with van der Waals surface area (Å²) in [4.78, 5) is 14.9. The zero-order chi connectivity index (χ0) is 13.0. The minimum atomic E-state index is -0.876. The van der Waals surface area contributed by atoms with Gasteiger partial charge in [-0.15, -0.1) is 0 Å². The van der Waals surface area contributed by atoms with Crippen LogP contribution in [0.15, 0.2) is 42.6 Å². The number of rotatable bonds is 4. The minimum absolute atomic E-state index is 0.0543. The molecular weight excluding hydrogens is 230 g/mol.